The van der Waals surface area contributed by atoms with E-state index >= 15 is 0 Å². The Morgan fingerprint density at radius 3 is 2.14 bits per heavy atom. The lowest BCUT2D eigenvalue weighted by Crippen LogP contribution is -2.37. The summed E-state index contributed by atoms with van der Waals surface area (Å²) in [5.41, 5.74) is 4.96. The predicted molar refractivity (Wildman–Crippen MR) is 28.4 cm³/mol. The van der Waals surface area contributed by atoms with Crippen LogP contribution in [0.5, 0.6) is 0 Å². The minimum absolute atomic E-state index is 0.483. The lowest BCUT2D eigenvalue weighted by Gasteiger charge is -2.01. The first-order chi connectivity index (χ1) is 3.27. The molecule has 0 aromatic carbocycles. The van der Waals surface area contributed by atoms with Crippen molar-refractivity contribution in [3.63, 3.8) is 0 Å². The van der Waals surface area contributed by atoms with Crippen LogP contribution in [0.3, 0.4) is 0 Å². The Morgan fingerprint density at radius 2 is 2.00 bits per heavy atom. The zero-order valence-electron chi connectivity index (χ0n) is 4.04. The van der Waals surface area contributed by atoms with Gasteiger partial charge in [0.15, 0.2) is 0 Å². The van der Waals surface area contributed by atoms with Crippen molar-refractivity contribution < 1.29 is 0 Å². The number of hydrogen-bond acceptors (Lipinski definition) is 4. The summed E-state index contributed by atoms with van der Waals surface area (Å²) >= 11 is 0. The SMILES string of the molecule is NC=CCN(N)N. The number of rotatable bonds is 2. The summed E-state index contributed by atoms with van der Waals surface area (Å²) in [6.07, 6.45) is 3.05. The predicted octanol–water partition coefficient (Wildman–Crippen LogP) is -1.49. The first-order valence-electron chi connectivity index (χ1n) is 1.91. The second-order valence-corrected chi connectivity index (χ2v) is 1.12. The van der Waals surface area contributed by atoms with Gasteiger partial charge < -0.3 is 5.73 Å². The average molecular weight is 102 g/mol. The number of hydrogen-bond donors (Lipinski definition) is 3. The highest BCUT2D eigenvalue weighted by atomic mass is 15.6. The van der Waals surface area contributed by atoms with Crippen LogP contribution in [0, 0.1) is 0 Å². The van der Waals surface area contributed by atoms with Crippen molar-refractivity contribution in [1.29, 1.82) is 0 Å². The van der Waals surface area contributed by atoms with Gasteiger partial charge in [0.05, 0.1) is 0 Å². The molecule has 0 saturated heterocycles. The average Bonchev–Trinajstić information content (AvgIpc) is 1.61. The summed E-state index contributed by atoms with van der Waals surface area (Å²) < 4.78 is 0. The van der Waals surface area contributed by atoms with E-state index in [4.69, 9.17) is 17.4 Å². The first-order valence-corrected chi connectivity index (χ1v) is 1.91. The molecule has 6 N–H and O–H groups in total. The fourth-order valence-corrected chi connectivity index (χ4v) is 0.183. The Hall–Kier alpha value is -0.580. The van der Waals surface area contributed by atoms with E-state index in [1.165, 1.54) is 6.20 Å². The molecule has 0 spiro atoms. The zero-order valence-corrected chi connectivity index (χ0v) is 4.04. The molecular formula is C3H10N4. The van der Waals surface area contributed by atoms with Gasteiger partial charge in [0.25, 0.3) is 0 Å². The van der Waals surface area contributed by atoms with E-state index in [0.717, 1.165) is 5.12 Å². The van der Waals surface area contributed by atoms with Crippen LogP contribution < -0.4 is 17.4 Å². The summed E-state index contributed by atoms with van der Waals surface area (Å²) in [4.78, 5) is 0. The van der Waals surface area contributed by atoms with Gasteiger partial charge in [-0.1, -0.05) is 6.08 Å². The molecule has 7 heavy (non-hydrogen) atoms. The molecule has 0 radical (unpaired) electrons. The highest BCUT2D eigenvalue weighted by Gasteiger charge is 1.78. The molecule has 0 bridgehead atoms. The second kappa shape index (κ2) is 3.60. The lowest BCUT2D eigenvalue weighted by molar-refractivity contribution is 0.328. The molecule has 0 atom stereocenters. The molecule has 0 aromatic heterocycles. The zero-order chi connectivity index (χ0) is 5.70. The minimum atomic E-state index is 0.483. The van der Waals surface area contributed by atoms with Crippen molar-refractivity contribution in [2.45, 2.75) is 0 Å². The van der Waals surface area contributed by atoms with E-state index in [0.29, 0.717) is 6.54 Å². The molecular weight excluding hydrogens is 92.1 g/mol. The van der Waals surface area contributed by atoms with Crippen molar-refractivity contribution in [3.05, 3.63) is 12.3 Å². The van der Waals surface area contributed by atoms with Crippen LogP contribution in [0.2, 0.25) is 0 Å². The molecule has 0 unspecified atom stereocenters. The van der Waals surface area contributed by atoms with E-state index in [9.17, 15) is 0 Å². The monoisotopic (exact) mass is 102 g/mol. The number of hydrazine groups is 2. The van der Waals surface area contributed by atoms with Crippen LogP contribution in [0.25, 0.3) is 0 Å². The van der Waals surface area contributed by atoms with E-state index < -0.39 is 0 Å². The second-order valence-electron chi connectivity index (χ2n) is 1.12. The van der Waals surface area contributed by atoms with Crippen molar-refractivity contribution in [3.8, 4) is 0 Å². The van der Waals surface area contributed by atoms with Crippen molar-refractivity contribution in [2.24, 2.45) is 17.4 Å². The van der Waals surface area contributed by atoms with Crippen LogP contribution >= 0.6 is 0 Å². The van der Waals surface area contributed by atoms with Gasteiger partial charge in [0, 0.05) is 6.54 Å². The van der Waals surface area contributed by atoms with Crippen LogP contribution in [0.1, 0.15) is 0 Å². The minimum Gasteiger partial charge on any atom is -0.405 e. The molecule has 42 valence electrons. The number of nitrogens with zero attached hydrogens (tertiary/aromatic N) is 1. The van der Waals surface area contributed by atoms with Crippen LogP contribution in [0.15, 0.2) is 12.3 Å². The first kappa shape index (κ1) is 6.42. The standard InChI is InChI=1S/C3H10N4/c4-2-1-3-7(5)6/h1-2H,3-6H2. The van der Waals surface area contributed by atoms with E-state index in [1.807, 2.05) is 0 Å². The van der Waals surface area contributed by atoms with Gasteiger partial charge in [-0.15, -0.1) is 0 Å². The summed E-state index contributed by atoms with van der Waals surface area (Å²) in [5.74, 6) is 9.97. The van der Waals surface area contributed by atoms with Gasteiger partial charge in [-0.25, -0.2) is 0 Å². The molecule has 0 amide bonds. The van der Waals surface area contributed by atoms with E-state index in [2.05, 4.69) is 0 Å². The normalized spacial score (nSPS) is 11.3. The van der Waals surface area contributed by atoms with Crippen molar-refractivity contribution >= 4 is 0 Å². The maximum Gasteiger partial charge on any atom is 0.0480 e. The molecule has 0 aromatic rings. The Balaban J connectivity index is 2.97. The van der Waals surface area contributed by atoms with Gasteiger partial charge in [0.2, 0.25) is 0 Å². The van der Waals surface area contributed by atoms with Gasteiger partial charge in [-0.2, -0.15) is 5.12 Å². The Bertz CT molecular complexity index is 58.0. The molecule has 0 aliphatic carbocycles. The highest BCUT2D eigenvalue weighted by molar-refractivity contribution is 4.76. The Morgan fingerprint density at radius 1 is 1.43 bits per heavy atom. The topological polar surface area (TPSA) is 81.3 Å². The largest absolute Gasteiger partial charge is 0.405 e. The van der Waals surface area contributed by atoms with Gasteiger partial charge in [0.1, 0.15) is 0 Å². The van der Waals surface area contributed by atoms with Gasteiger partial charge in [-0.3, -0.25) is 11.7 Å². The van der Waals surface area contributed by atoms with E-state index in [-0.39, 0.29) is 0 Å². The summed E-state index contributed by atoms with van der Waals surface area (Å²) in [5, 5.41) is 1.04. The van der Waals surface area contributed by atoms with E-state index in [1.54, 1.807) is 6.08 Å². The molecule has 4 nitrogen and oxygen atoms in total. The molecule has 0 heterocycles. The Labute approximate surface area is 42.5 Å². The third kappa shape index (κ3) is 5.42. The van der Waals surface area contributed by atoms with Gasteiger partial charge >= 0.3 is 0 Å². The number of nitrogens with two attached hydrogens (primary N) is 3. The molecule has 0 rings (SSSR count). The molecule has 0 saturated carbocycles. The lowest BCUT2D eigenvalue weighted by atomic mass is 10.6. The maximum absolute atomic E-state index is 4.98. The molecule has 0 fully saturated rings. The quantitative estimate of drug-likeness (QED) is 0.293. The maximum atomic E-state index is 4.98. The molecule has 0 aliphatic rings. The van der Waals surface area contributed by atoms with Crippen LogP contribution in [-0.2, 0) is 0 Å². The van der Waals surface area contributed by atoms with Crippen LogP contribution in [0.4, 0.5) is 0 Å². The molecule has 0 aliphatic heterocycles. The Kier molecular flexibility index (Phi) is 3.31. The smallest absolute Gasteiger partial charge is 0.0480 e. The summed E-state index contributed by atoms with van der Waals surface area (Å²) in [6.45, 7) is 0.483. The van der Waals surface area contributed by atoms with Crippen LogP contribution in [-0.4, -0.2) is 11.7 Å². The van der Waals surface area contributed by atoms with Crippen molar-refractivity contribution in [1.82, 2.24) is 5.12 Å². The summed E-state index contributed by atoms with van der Waals surface area (Å²) in [7, 11) is 0. The fraction of sp³-hybridized carbons (Fsp3) is 0.333. The summed E-state index contributed by atoms with van der Waals surface area (Å²) in [6, 6.07) is 0. The fourth-order valence-electron chi connectivity index (χ4n) is 0.183. The third-order valence-electron chi connectivity index (χ3n) is 0.452. The van der Waals surface area contributed by atoms with Gasteiger partial charge in [-0.05, 0) is 6.20 Å². The van der Waals surface area contributed by atoms with Crippen molar-refractivity contribution in [2.75, 3.05) is 6.54 Å². The third-order valence-corrected chi connectivity index (χ3v) is 0.452. The highest BCUT2D eigenvalue weighted by Crippen LogP contribution is 1.63. The molecule has 4 heteroatoms.